The molecular weight excluding hydrogens is 138 g/mol. The number of benzene rings is 1. The van der Waals surface area contributed by atoms with Gasteiger partial charge in [0.15, 0.2) is 6.34 Å². The highest BCUT2D eigenvalue weighted by Gasteiger charge is 1.98. The molecule has 0 atom stereocenters. The number of hydrogen-bond acceptors (Lipinski definition) is 3. The Morgan fingerprint density at radius 1 is 1.27 bits per heavy atom. The summed E-state index contributed by atoms with van der Waals surface area (Å²) < 4.78 is 0. The predicted molar refractivity (Wildman–Crippen MR) is 45.7 cm³/mol. The molecule has 11 heavy (non-hydrogen) atoms. The Morgan fingerprint density at radius 2 is 2.18 bits per heavy atom. The molecule has 1 aromatic carbocycles. The number of fused-ring (bicyclic) bond motifs is 1. The van der Waals surface area contributed by atoms with E-state index in [-0.39, 0.29) is 0 Å². The number of hydrogen-bond donors (Lipinski definition) is 1. The lowest BCUT2D eigenvalue weighted by atomic mass is 10.3. The number of nitrogens with one attached hydrogen (secondary N) is 1. The van der Waals surface area contributed by atoms with Gasteiger partial charge in [0.25, 0.3) is 0 Å². The maximum atomic E-state index is 4.07. The number of para-hydroxylation sites is 2. The number of rotatable bonds is 0. The van der Waals surface area contributed by atoms with Crippen molar-refractivity contribution in [3.63, 3.8) is 0 Å². The van der Waals surface area contributed by atoms with Crippen LogP contribution in [0.25, 0.3) is 0 Å². The first kappa shape index (κ1) is 6.09. The summed E-state index contributed by atoms with van der Waals surface area (Å²) in [7, 11) is 0. The van der Waals surface area contributed by atoms with Gasteiger partial charge in [0.1, 0.15) is 6.34 Å². The minimum absolute atomic E-state index is 0.890. The molecule has 0 spiro atoms. The number of nitrogens with zero attached hydrogens (tertiary/aromatic N) is 2. The van der Waals surface area contributed by atoms with E-state index in [0.29, 0.717) is 0 Å². The maximum Gasteiger partial charge on any atom is 0.175 e. The molecule has 1 aliphatic heterocycles. The molecule has 0 aromatic heterocycles. The van der Waals surface area contributed by atoms with Crippen molar-refractivity contribution < 1.29 is 0 Å². The zero-order valence-electron chi connectivity index (χ0n) is 5.78. The highest BCUT2D eigenvalue weighted by atomic mass is 15.0. The van der Waals surface area contributed by atoms with Crippen molar-refractivity contribution in [3.05, 3.63) is 24.3 Å². The second-order valence-electron chi connectivity index (χ2n) is 2.13. The fourth-order valence-corrected chi connectivity index (χ4v) is 0.904. The summed E-state index contributed by atoms with van der Waals surface area (Å²) in [6.07, 6.45) is 4.10. The summed E-state index contributed by atoms with van der Waals surface area (Å²) in [6, 6.07) is 7.72. The molecule has 2 rings (SSSR count). The average molecular weight is 144 g/mol. The lowest BCUT2D eigenvalue weighted by Crippen LogP contribution is -1.92. The molecule has 0 unspecified atom stereocenters. The molecule has 0 bridgehead atoms. The van der Waals surface area contributed by atoms with E-state index in [1.54, 1.807) is 0 Å². The van der Waals surface area contributed by atoms with Crippen molar-refractivity contribution >= 4 is 24.1 Å². The van der Waals surface area contributed by atoms with Gasteiger partial charge >= 0.3 is 0 Å². The van der Waals surface area contributed by atoms with Crippen LogP contribution in [-0.2, 0) is 0 Å². The van der Waals surface area contributed by atoms with Crippen LogP contribution >= 0.6 is 0 Å². The third kappa shape index (κ3) is 1.12. The van der Waals surface area contributed by atoms with Gasteiger partial charge in [0.2, 0.25) is 0 Å². The summed E-state index contributed by atoms with van der Waals surface area (Å²) in [5.74, 6) is 0. The van der Waals surface area contributed by atoms with Crippen molar-refractivity contribution in [3.8, 4) is 0 Å². The molecule has 0 aliphatic carbocycles. The minimum atomic E-state index is 0.890. The van der Waals surface area contributed by atoms with Crippen molar-refractivity contribution in [2.24, 2.45) is 9.98 Å². The normalized spacial score (nSPS) is 13.5. The largest absolute Gasteiger partial charge is 0.335 e. The SMILES string of the molecule is [C]1=NC=Nc2ccccc2N1. The summed E-state index contributed by atoms with van der Waals surface area (Å²) in [4.78, 5) is 7.80. The van der Waals surface area contributed by atoms with Crippen LogP contribution in [-0.4, -0.2) is 12.7 Å². The second-order valence-corrected chi connectivity index (χ2v) is 2.13. The molecular formula is C8H6N3. The third-order valence-corrected chi connectivity index (χ3v) is 1.41. The molecule has 53 valence electrons. The van der Waals surface area contributed by atoms with Gasteiger partial charge in [-0.25, -0.2) is 9.98 Å². The zero-order chi connectivity index (χ0) is 7.52. The van der Waals surface area contributed by atoms with Gasteiger partial charge in [-0.3, -0.25) is 0 Å². The van der Waals surface area contributed by atoms with Gasteiger partial charge in [0, 0.05) is 0 Å². The second kappa shape index (κ2) is 2.54. The third-order valence-electron chi connectivity index (χ3n) is 1.41. The minimum Gasteiger partial charge on any atom is -0.335 e. The summed E-state index contributed by atoms with van der Waals surface area (Å²) in [6.45, 7) is 0. The standard InChI is InChI=1S/C8H6N3/c1-2-4-8-7(3-1)10-5-9-6-11-8/h1-5H,(H,9,10,11). The highest BCUT2D eigenvalue weighted by molar-refractivity contribution is 5.90. The van der Waals surface area contributed by atoms with Crippen LogP contribution in [0.15, 0.2) is 34.3 Å². The molecule has 1 heterocycles. The Bertz CT molecular complexity index is 315. The predicted octanol–water partition coefficient (Wildman–Crippen LogP) is 1.68. The molecule has 3 heteroatoms. The first-order chi connectivity index (χ1) is 5.47. The molecule has 0 saturated carbocycles. The number of anilines is 1. The van der Waals surface area contributed by atoms with E-state index in [1.807, 2.05) is 24.3 Å². The van der Waals surface area contributed by atoms with Crippen molar-refractivity contribution in [2.45, 2.75) is 0 Å². The molecule has 1 aliphatic rings. The molecule has 1 aromatic rings. The fraction of sp³-hybridized carbons (Fsp3) is 0. The van der Waals surface area contributed by atoms with Crippen LogP contribution in [0.2, 0.25) is 0 Å². The number of aliphatic imine (C=N–C) groups is 2. The first-order valence-electron chi connectivity index (χ1n) is 3.29. The summed E-state index contributed by atoms with van der Waals surface area (Å²) in [5.41, 5.74) is 1.83. The quantitative estimate of drug-likeness (QED) is 0.590. The first-order valence-corrected chi connectivity index (χ1v) is 3.29. The smallest absolute Gasteiger partial charge is 0.175 e. The van der Waals surface area contributed by atoms with Gasteiger partial charge in [0.05, 0.1) is 11.4 Å². The topological polar surface area (TPSA) is 36.8 Å². The van der Waals surface area contributed by atoms with Crippen LogP contribution in [0.1, 0.15) is 0 Å². The van der Waals surface area contributed by atoms with Gasteiger partial charge in [-0.1, -0.05) is 12.1 Å². The zero-order valence-corrected chi connectivity index (χ0v) is 5.78. The van der Waals surface area contributed by atoms with Crippen molar-refractivity contribution in [1.29, 1.82) is 0 Å². The van der Waals surface area contributed by atoms with E-state index < -0.39 is 0 Å². The Morgan fingerprint density at radius 3 is 3.18 bits per heavy atom. The Kier molecular flexibility index (Phi) is 1.41. The Hall–Kier alpha value is -1.64. The van der Waals surface area contributed by atoms with Gasteiger partial charge in [-0.2, -0.15) is 0 Å². The van der Waals surface area contributed by atoms with E-state index >= 15 is 0 Å². The van der Waals surface area contributed by atoms with Crippen LogP contribution in [0, 0.1) is 0 Å². The molecule has 0 saturated heterocycles. The molecule has 1 N–H and O–H groups in total. The Labute approximate surface area is 64.5 Å². The molecule has 3 nitrogen and oxygen atoms in total. The van der Waals surface area contributed by atoms with Crippen LogP contribution < -0.4 is 5.32 Å². The lowest BCUT2D eigenvalue weighted by molar-refractivity contribution is 1.53. The van der Waals surface area contributed by atoms with E-state index in [1.165, 1.54) is 6.34 Å². The van der Waals surface area contributed by atoms with Crippen molar-refractivity contribution in [1.82, 2.24) is 0 Å². The maximum absolute atomic E-state index is 4.07. The van der Waals surface area contributed by atoms with E-state index in [9.17, 15) is 0 Å². The van der Waals surface area contributed by atoms with E-state index in [0.717, 1.165) is 11.4 Å². The molecule has 0 amide bonds. The summed E-state index contributed by atoms with van der Waals surface area (Å²) in [5, 5.41) is 2.88. The monoisotopic (exact) mass is 144 g/mol. The molecule has 0 fully saturated rings. The van der Waals surface area contributed by atoms with Gasteiger partial charge in [-0.05, 0) is 12.1 Å². The fourth-order valence-electron chi connectivity index (χ4n) is 0.904. The van der Waals surface area contributed by atoms with Gasteiger partial charge in [-0.15, -0.1) is 0 Å². The molecule has 1 radical (unpaired) electrons. The van der Waals surface area contributed by atoms with Gasteiger partial charge < -0.3 is 5.32 Å². The van der Waals surface area contributed by atoms with Crippen LogP contribution in [0.4, 0.5) is 11.4 Å². The van der Waals surface area contributed by atoms with E-state index in [4.69, 9.17) is 0 Å². The van der Waals surface area contributed by atoms with Crippen LogP contribution in [0.3, 0.4) is 0 Å². The highest BCUT2D eigenvalue weighted by Crippen LogP contribution is 2.23. The summed E-state index contributed by atoms with van der Waals surface area (Å²) >= 11 is 0. The average Bonchev–Trinajstić information content (AvgIpc) is 2.28. The van der Waals surface area contributed by atoms with E-state index in [2.05, 4.69) is 21.6 Å². The lowest BCUT2D eigenvalue weighted by Gasteiger charge is -1.99. The van der Waals surface area contributed by atoms with Crippen molar-refractivity contribution in [2.75, 3.05) is 5.32 Å². The Balaban J connectivity index is 2.52. The van der Waals surface area contributed by atoms with Crippen LogP contribution in [0.5, 0.6) is 0 Å².